The van der Waals surface area contributed by atoms with E-state index in [1.807, 2.05) is 18.2 Å². The number of benzene rings is 2. The van der Waals surface area contributed by atoms with Gasteiger partial charge in [-0.25, -0.2) is 9.97 Å². The minimum Gasteiger partial charge on any atom is -0.389 e. The molecule has 0 bridgehead atoms. The van der Waals surface area contributed by atoms with Gasteiger partial charge in [0, 0.05) is 112 Å². The van der Waals surface area contributed by atoms with Gasteiger partial charge in [-0.1, -0.05) is 6.58 Å². The molecule has 2 unspecified atom stereocenters. The van der Waals surface area contributed by atoms with Crippen LogP contribution in [0.4, 0.5) is 34.4 Å². The van der Waals surface area contributed by atoms with Crippen LogP contribution in [0.2, 0.25) is 0 Å². The van der Waals surface area contributed by atoms with Crippen molar-refractivity contribution in [3.8, 4) is 11.3 Å². The number of piperidine rings is 2. The summed E-state index contributed by atoms with van der Waals surface area (Å²) in [6, 6.07) is 11.9. The topological polar surface area (TPSA) is 214 Å². The molecule has 0 spiro atoms. The number of aliphatic hydroxyl groups is 1. The van der Waals surface area contributed by atoms with Crippen molar-refractivity contribution in [3.63, 3.8) is 0 Å². The molecule has 76 heavy (non-hydrogen) atoms. The van der Waals surface area contributed by atoms with Crippen molar-refractivity contribution >= 4 is 81.2 Å². The van der Waals surface area contributed by atoms with Crippen LogP contribution >= 0.6 is 11.3 Å². The first kappa shape index (κ1) is 50.6. The molecule has 11 rings (SSSR count). The first-order chi connectivity index (χ1) is 36.6. The number of fused-ring (bicyclic) bond motifs is 4. The van der Waals surface area contributed by atoms with Gasteiger partial charge < -0.3 is 30.1 Å². The van der Waals surface area contributed by atoms with Crippen molar-refractivity contribution < 1.29 is 33.9 Å². The lowest BCUT2D eigenvalue weighted by atomic mass is 9.91. The van der Waals surface area contributed by atoms with Gasteiger partial charge in [-0.15, -0.1) is 11.3 Å². The Hall–Kier alpha value is -7.55. The van der Waals surface area contributed by atoms with Gasteiger partial charge in [-0.2, -0.15) is 0 Å². The zero-order valence-electron chi connectivity index (χ0n) is 43.1. The van der Waals surface area contributed by atoms with E-state index in [0.717, 1.165) is 96.3 Å². The molecular weight excluding hydrogens is 987 g/mol. The monoisotopic (exact) mass is 1050 g/mol. The van der Waals surface area contributed by atoms with Gasteiger partial charge in [0.2, 0.25) is 11.8 Å². The highest BCUT2D eigenvalue weighted by atomic mass is 32.1. The number of amides is 6. The van der Waals surface area contributed by atoms with Crippen molar-refractivity contribution in [2.24, 2.45) is 7.05 Å². The van der Waals surface area contributed by atoms with Gasteiger partial charge in [0.05, 0.1) is 39.2 Å². The maximum absolute atomic E-state index is 14.2. The molecular formula is C56H61N11O8S. The standard InChI is InChI=1S/C56H61N11O8S/c1-6-46(69)59-41-27-33(58-50-56(75)61(4)30-42(60-50)39-17-21-57-51(48(39)32(3)68)66-24-20-37-36-9-7-8-10-45(36)76-49(37)55(66)74)11-14-43(41)65-26-25-64(29-31(65)2)34-18-22-63(23-19-34)35-12-13-38-40(28-35)53(72)67(52(38)71)44-15-16-47(70)62(5)54(44)73/h6,11-14,17,21,27-28,30-32,34,44,68H,1,7-10,15-16,18-20,22-26,29H2,2-5H3,(H,58,60)(H,59,69)/t31-,32?,44?/m0/s1. The highest BCUT2D eigenvalue weighted by Crippen LogP contribution is 2.42. The van der Waals surface area contributed by atoms with E-state index in [2.05, 4.69) is 43.8 Å². The molecule has 5 aliphatic heterocycles. The number of rotatable bonds is 11. The molecule has 3 aromatic heterocycles. The number of nitrogens with one attached hydrogen (secondary N) is 2. The van der Waals surface area contributed by atoms with Crippen LogP contribution in [-0.4, -0.2) is 134 Å². The summed E-state index contributed by atoms with van der Waals surface area (Å²) in [6.45, 7) is 11.6. The summed E-state index contributed by atoms with van der Waals surface area (Å²) >= 11 is 1.59. The van der Waals surface area contributed by atoms with Crippen molar-refractivity contribution in [1.82, 2.24) is 29.2 Å². The molecule has 8 heterocycles. The number of nitrogens with zero attached hydrogens (tertiary/aromatic N) is 9. The van der Waals surface area contributed by atoms with Crippen LogP contribution in [0.25, 0.3) is 11.3 Å². The fourth-order valence-corrected chi connectivity index (χ4v) is 13.5. The fraction of sp³-hybridized carbons (Fsp3) is 0.411. The molecule has 6 amide bonds. The molecule has 6 aliphatic rings. The second kappa shape index (κ2) is 20.2. The van der Waals surface area contributed by atoms with E-state index in [-0.39, 0.29) is 47.6 Å². The number of likely N-dealkylation sites (tertiary alicyclic amines) is 1. The minimum absolute atomic E-state index is 0.0196. The SMILES string of the molecule is C=CC(=O)Nc1cc(Nc2nc(-c3ccnc(N4CCc5c(sc6c5CCCC6)C4=O)c3C(C)O)cn(C)c2=O)ccc1N1CCN(C2CCN(c3ccc4c(c3)C(=O)N(C3CCC(=O)N(C)C3=O)C4=O)CC2)C[C@@H]1C. The Labute approximate surface area is 443 Å². The summed E-state index contributed by atoms with van der Waals surface area (Å²) in [5.41, 5.74) is 6.66. The van der Waals surface area contributed by atoms with E-state index in [1.54, 1.807) is 66.9 Å². The van der Waals surface area contributed by atoms with Crippen molar-refractivity contribution in [2.45, 2.75) is 95.9 Å². The average Bonchev–Trinajstić information content (AvgIpc) is 3.97. The summed E-state index contributed by atoms with van der Waals surface area (Å²) in [5, 5.41) is 17.5. The summed E-state index contributed by atoms with van der Waals surface area (Å²) in [7, 11) is 3.01. The Bertz CT molecular complexity index is 3320. The number of pyridine rings is 1. The van der Waals surface area contributed by atoms with Gasteiger partial charge in [0.15, 0.2) is 5.82 Å². The van der Waals surface area contributed by atoms with E-state index in [1.165, 1.54) is 28.1 Å². The van der Waals surface area contributed by atoms with Crippen LogP contribution in [0.15, 0.2) is 72.3 Å². The third kappa shape index (κ3) is 8.94. The van der Waals surface area contributed by atoms with Crippen LogP contribution in [0.1, 0.15) is 110 Å². The number of imide groups is 2. The van der Waals surface area contributed by atoms with Crippen molar-refractivity contribution in [1.29, 1.82) is 0 Å². The number of piperazine rings is 1. The highest BCUT2D eigenvalue weighted by Gasteiger charge is 2.47. The van der Waals surface area contributed by atoms with Crippen LogP contribution in [0, 0.1) is 0 Å². The molecule has 5 aromatic rings. The van der Waals surface area contributed by atoms with E-state index < -0.39 is 41.3 Å². The van der Waals surface area contributed by atoms with Gasteiger partial charge in [-0.05, 0) is 125 Å². The van der Waals surface area contributed by atoms with Gasteiger partial charge >= 0.3 is 0 Å². The zero-order chi connectivity index (χ0) is 53.3. The van der Waals surface area contributed by atoms with Crippen molar-refractivity contribution in [2.75, 3.05) is 71.6 Å². The Morgan fingerprint density at radius 1 is 0.855 bits per heavy atom. The van der Waals surface area contributed by atoms with E-state index in [4.69, 9.17) is 4.98 Å². The van der Waals surface area contributed by atoms with Crippen LogP contribution in [0.5, 0.6) is 0 Å². The highest BCUT2D eigenvalue weighted by molar-refractivity contribution is 7.14. The molecule has 2 aromatic carbocycles. The first-order valence-electron chi connectivity index (χ1n) is 26.2. The number of likely N-dealkylation sites (N-methyl/N-ethyl adjacent to an activating group) is 1. The number of carbonyl (C=O) groups is 6. The number of aryl methyl sites for hydroxylation is 2. The first-order valence-corrected chi connectivity index (χ1v) is 27.0. The van der Waals surface area contributed by atoms with Crippen LogP contribution in [-0.2, 0) is 40.7 Å². The normalized spacial score (nSPS) is 20.7. The smallest absolute Gasteiger partial charge is 0.293 e. The van der Waals surface area contributed by atoms with Gasteiger partial charge in [0.25, 0.3) is 29.2 Å². The largest absolute Gasteiger partial charge is 0.389 e. The van der Waals surface area contributed by atoms with E-state index in [0.29, 0.717) is 59.6 Å². The summed E-state index contributed by atoms with van der Waals surface area (Å²) in [4.78, 5) is 115. The van der Waals surface area contributed by atoms with Crippen LogP contribution < -0.4 is 30.9 Å². The molecule has 3 N–H and O–H groups in total. The average molecular weight is 1050 g/mol. The van der Waals surface area contributed by atoms with E-state index >= 15 is 0 Å². The van der Waals surface area contributed by atoms with Gasteiger partial charge in [0.1, 0.15) is 11.9 Å². The van der Waals surface area contributed by atoms with E-state index in [9.17, 15) is 38.7 Å². The summed E-state index contributed by atoms with van der Waals surface area (Å²) in [5.74, 6) is -2.03. The molecule has 0 radical (unpaired) electrons. The molecule has 1 aliphatic carbocycles. The quantitative estimate of drug-likeness (QED) is 0.105. The number of anilines is 6. The second-order valence-electron chi connectivity index (χ2n) is 20.7. The zero-order valence-corrected chi connectivity index (χ0v) is 44.0. The minimum atomic E-state index is -1.03. The number of aliphatic hydroxyl groups excluding tert-OH is 1. The molecule has 3 atom stereocenters. The molecule has 394 valence electrons. The predicted molar refractivity (Wildman–Crippen MR) is 290 cm³/mol. The number of carbonyl (C=O) groups excluding carboxylic acids is 6. The Kier molecular flexibility index (Phi) is 13.4. The fourth-order valence-electron chi connectivity index (χ4n) is 12.2. The van der Waals surface area contributed by atoms with Crippen LogP contribution in [0.3, 0.4) is 0 Å². The number of hydrogen-bond donors (Lipinski definition) is 3. The lowest BCUT2D eigenvalue weighted by Crippen LogP contribution is -2.57. The summed E-state index contributed by atoms with van der Waals surface area (Å²) in [6.07, 6.45) is 10.3. The predicted octanol–water partition coefficient (Wildman–Crippen LogP) is 5.83. The summed E-state index contributed by atoms with van der Waals surface area (Å²) < 4.78 is 1.42. The molecule has 0 saturated carbocycles. The maximum Gasteiger partial charge on any atom is 0.293 e. The van der Waals surface area contributed by atoms with Crippen molar-refractivity contribution in [3.05, 3.63) is 115 Å². The molecule has 20 heteroatoms. The molecule has 3 saturated heterocycles. The van der Waals surface area contributed by atoms with Gasteiger partial charge in [-0.3, -0.25) is 53.2 Å². The number of hydrogen-bond acceptors (Lipinski definition) is 15. The third-order valence-corrected chi connectivity index (χ3v) is 17.5. The number of aromatic nitrogens is 3. The molecule has 19 nitrogen and oxygen atoms in total. The Morgan fingerprint density at radius 3 is 2.39 bits per heavy atom. The third-order valence-electron chi connectivity index (χ3n) is 16.1. The Morgan fingerprint density at radius 2 is 1.63 bits per heavy atom. The maximum atomic E-state index is 14.2. The second-order valence-corrected chi connectivity index (χ2v) is 21.9. The Balaban J connectivity index is 0.773. The lowest BCUT2D eigenvalue weighted by Gasteiger charge is -2.47. The molecule has 3 fully saturated rings. The lowest BCUT2D eigenvalue weighted by molar-refractivity contribution is -0.149. The number of thiophene rings is 1.